The van der Waals surface area contributed by atoms with Crippen LogP contribution in [-0.2, 0) is 0 Å². The molecule has 0 amide bonds. The Hall–Kier alpha value is -0.600. The van der Waals surface area contributed by atoms with Gasteiger partial charge in [0, 0.05) is 12.1 Å². The van der Waals surface area contributed by atoms with E-state index in [9.17, 15) is 0 Å². The Labute approximate surface area is 113 Å². The van der Waals surface area contributed by atoms with Crippen LogP contribution in [0.25, 0.3) is 0 Å². The molecule has 2 unspecified atom stereocenters. The molecule has 2 nitrogen and oxygen atoms in total. The van der Waals surface area contributed by atoms with Gasteiger partial charge >= 0.3 is 0 Å². The third kappa shape index (κ3) is 2.34. The van der Waals surface area contributed by atoms with Crippen LogP contribution in [0.3, 0.4) is 0 Å². The van der Waals surface area contributed by atoms with Crippen LogP contribution in [0.1, 0.15) is 33.1 Å². The van der Waals surface area contributed by atoms with Gasteiger partial charge in [-0.3, -0.25) is 0 Å². The third-order valence-corrected chi connectivity index (χ3v) is 4.33. The van der Waals surface area contributed by atoms with Crippen LogP contribution in [0.5, 0.6) is 0 Å². The summed E-state index contributed by atoms with van der Waals surface area (Å²) in [5.74, 6) is 0. The number of benzene rings is 1. The van der Waals surface area contributed by atoms with Gasteiger partial charge in [0.1, 0.15) is 0 Å². The Morgan fingerprint density at radius 3 is 2.59 bits per heavy atom. The predicted molar refractivity (Wildman–Crippen MR) is 76.1 cm³/mol. The number of hydrogen-bond acceptors (Lipinski definition) is 2. The number of hydrogen-bond donors (Lipinski definition) is 1. The van der Waals surface area contributed by atoms with Crippen LogP contribution < -0.4 is 10.6 Å². The van der Waals surface area contributed by atoms with Crippen LogP contribution in [0.4, 0.5) is 11.4 Å². The van der Waals surface area contributed by atoms with E-state index in [1.54, 1.807) is 6.07 Å². The molecule has 0 bridgehead atoms. The average molecular weight is 273 g/mol. The molecule has 1 saturated heterocycles. The Bertz CT molecular complexity index is 420. The van der Waals surface area contributed by atoms with Crippen molar-refractivity contribution in [3.8, 4) is 0 Å². The van der Waals surface area contributed by atoms with Crippen LogP contribution in [-0.4, -0.2) is 12.1 Å². The summed E-state index contributed by atoms with van der Waals surface area (Å²) in [5.41, 5.74) is 7.80. The van der Waals surface area contributed by atoms with Crippen molar-refractivity contribution in [2.45, 2.75) is 45.2 Å². The first-order valence-corrected chi connectivity index (χ1v) is 6.83. The monoisotopic (exact) mass is 272 g/mol. The molecule has 0 saturated carbocycles. The summed E-state index contributed by atoms with van der Waals surface area (Å²) in [4.78, 5) is 2.39. The number of nitrogen functional groups attached to an aromatic ring is 1. The summed E-state index contributed by atoms with van der Waals surface area (Å²) in [6.45, 7) is 4.45. The maximum Gasteiger partial charge on any atom is 0.0620 e. The fraction of sp³-hybridized carbons (Fsp3) is 0.538. The lowest BCUT2D eigenvalue weighted by Crippen LogP contribution is -2.34. The molecular formula is C13H18Cl2N2. The second kappa shape index (κ2) is 4.95. The second-order valence-electron chi connectivity index (χ2n) is 4.72. The average Bonchev–Trinajstić information content (AvgIpc) is 2.65. The fourth-order valence-corrected chi connectivity index (χ4v) is 3.01. The Morgan fingerprint density at radius 2 is 1.94 bits per heavy atom. The van der Waals surface area contributed by atoms with E-state index in [1.807, 2.05) is 6.07 Å². The summed E-state index contributed by atoms with van der Waals surface area (Å²) in [5, 5.41) is 1.10. The molecule has 1 aromatic rings. The zero-order valence-corrected chi connectivity index (χ0v) is 11.7. The van der Waals surface area contributed by atoms with Gasteiger partial charge in [0.05, 0.1) is 21.4 Å². The second-order valence-corrected chi connectivity index (χ2v) is 5.54. The number of rotatable bonds is 2. The minimum Gasteiger partial charge on any atom is -0.397 e. The van der Waals surface area contributed by atoms with Gasteiger partial charge in [-0.25, -0.2) is 0 Å². The van der Waals surface area contributed by atoms with Gasteiger partial charge in [0.25, 0.3) is 0 Å². The summed E-state index contributed by atoms with van der Waals surface area (Å²) in [7, 11) is 0. The molecule has 0 spiro atoms. The van der Waals surface area contributed by atoms with Gasteiger partial charge in [-0.05, 0) is 38.3 Å². The van der Waals surface area contributed by atoms with Gasteiger partial charge in [-0.15, -0.1) is 0 Å². The summed E-state index contributed by atoms with van der Waals surface area (Å²) in [6.07, 6.45) is 3.56. The van der Waals surface area contributed by atoms with Crippen molar-refractivity contribution in [2.24, 2.45) is 0 Å². The molecule has 0 aromatic heterocycles. The first kappa shape index (κ1) is 12.8. The first-order chi connectivity index (χ1) is 8.04. The molecule has 2 atom stereocenters. The highest BCUT2D eigenvalue weighted by molar-refractivity contribution is 6.42. The summed E-state index contributed by atoms with van der Waals surface area (Å²) < 4.78 is 0. The Kier molecular flexibility index (Phi) is 3.74. The van der Waals surface area contributed by atoms with E-state index < -0.39 is 0 Å². The molecule has 1 fully saturated rings. The van der Waals surface area contributed by atoms with E-state index in [2.05, 4.69) is 18.7 Å². The van der Waals surface area contributed by atoms with Gasteiger partial charge in [-0.1, -0.05) is 30.1 Å². The van der Waals surface area contributed by atoms with E-state index >= 15 is 0 Å². The molecule has 2 rings (SSSR count). The highest BCUT2D eigenvalue weighted by Crippen LogP contribution is 2.39. The van der Waals surface area contributed by atoms with Crippen LogP contribution in [0.15, 0.2) is 12.1 Å². The zero-order chi connectivity index (χ0) is 12.6. The maximum absolute atomic E-state index is 6.09. The molecule has 2 N–H and O–H groups in total. The molecule has 17 heavy (non-hydrogen) atoms. The molecule has 4 heteroatoms. The highest BCUT2D eigenvalue weighted by Gasteiger charge is 2.30. The lowest BCUT2D eigenvalue weighted by molar-refractivity contribution is 0.629. The normalized spacial score (nSPS) is 24.4. The lowest BCUT2D eigenvalue weighted by Gasteiger charge is -2.31. The highest BCUT2D eigenvalue weighted by atomic mass is 35.5. The molecule has 94 valence electrons. The first-order valence-electron chi connectivity index (χ1n) is 6.07. The standard InChI is InChI=1S/C13H18Cl2N2/c1-3-9-5-4-8(2)17(9)13-7-11(15)10(14)6-12(13)16/h6-9H,3-5,16H2,1-2H3. The minimum absolute atomic E-state index is 0.513. The molecular weight excluding hydrogens is 255 g/mol. The SMILES string of the molecule is CCC1CCC(C)N1c1cc(Cl)c(Cl)cc1N. The summed E-state index contributed by atoms with van der Waals surface area (Å²) in [6, 6.07) is 4.71. The van der Waals surface area contributed by atoms with E-state index in [0.29, 0.717) is 27.8 Å². The number of nitrogens with two attached hydrogens (primary N) is 1. The lowest BCUT2D eigenvalue weighted by atomic mass is 10.1. The molecule has 1 aromatic carbocycles. The quantitative estimate of drug-likeness (QED) is 0.812. The van der Waals surface area contributed by atoms with Gasteiger partial charge < -0.3 is 10.6 Å². The fourth-order valence-electron chi connectivity index (χ4n) is 2.68. The van der Waals surface area contributed by atoms with Crippen molar-refractivity contribution >= 4 is 34.6 Å². The van der Waals surface area contributed by atoms with E-state index in [4.69, 9.17) is 28.9 Å². The van der Waals surface area contributed by atoms with Crippen LogP contribution >= 0.6 is 23.2 Å². The van der Waals surface area contributed by atoms with Crippen molar-refractivity contribution in [3.63, 3.8) is 0 Å². The largest absolute Gasteiger partial charge is 0.397 e. The third-order valence-electron chi connectivity index (χ3n) is 3.60. The van der Waals surface area contributed by atoms with E-state index in [-0.39, 0.29) is 0 Å². The van der Waals surface area contributed by atoms with E-state index in [1.165, 1.54) is 12.8 Å². The Morgan fingerprint density at radius 1 is 1.29 bits per heavy atom. The van der Waals surface area contributed by atoms with Crippen LogP contribution in [0, 0.1) is 0 Å². The molecule has 1 aliphatic rings. The van der Waals surface area contributed by atoms with Crippen molar-refractivity contribution in [2.75, 3.05) is 10.6 Å². The van der Waals surface area contributed by atoms with Gasteiger partial charge in [0.15, 0.2) is 0 Å². The van der Waals surface area contributed by atoms with Gasteiger partial charge in [-0.2, -0.15) is 0 Å². The minimum atomic E-state index is 0.513. The number of nitrogens with zero attached hydrogens (tertiary/aromatic N) is 1. The van der Waals surface area contributed by atoms with Gasteiger partial charge in [0.2, 0.25) is 0 Å². The zero-order valence-electron chi connectivity index (χ0n) is 10.2. The predicted octanol–water partition coefficient (Wildman–Crippen LogP) is 4.34. The van der Waals surface area contributed by atoms with Crippen molar-refractivity contribution in [3.05, 3.63) is 22.2 Å². The van der Waals surface area contributed by atoms with Crippen molar-refractivity contribution in [1.29, 1.82) is 0 Å². The molecule has 1 heterocycles. The topological polar surface area (TPSA) is 29.3 Å². The smallest absolute Gasteiger partial charge is 0.0620 e. The number of anilines is 2. The number of halogens is 2. The molecule has 1 aliphatic heterocycles. The van der Waals surface area contributed by atoms with Crippen LogP contribution in [0.2, 0.25) is 10.0 Å². The Balaban J connectivity index is 2.42. The van der Waals surface area contributed by atoms with Crippen molar-refractivity contribution < 1.29 is 0 Å². The van der Waals surface area contributed by atoms with Crippen molar-refractivity contribution in [1.82, 2.24) is 0 Å². The summed E-state index contributed by atoms with van der Waals surface area (Å²) >= 11 is 12.1. The molecule has 0 aliphatic carbocycles. The maximum atomic E-state index is 6.09. The molecule has 0 radical (unpaired) electrons. The van der Waals surface area contributed by atoms with E-state index in [0.717, 1.165) is 12.1 Å².